The Kier molecular flexibility index (Phi) is 5.46. The van der Waals surface area contributed by atoms with Crippen molar-refractivity contribution in [2.24, 2.45) is 0 Å². The molecule has 0 spiro atoms. The van der Waals surface area contributed by atoms with Gasteiger partial charge in [0.1, 0.15) is 5.75 Å². The maximum atomic E-state index is 12.5. The van der Waals surface area contributed by atoms with E-state index in [9.17, 15) is 4.79 Å². The Morgan fingerprint density at radius 3 is 2.76 bits per heavy atom. The lowest BCUT2D eigenvalue weighted by Gasteiger charge is -2.20. The molecule has 3 rings (SSSR count). The summed E-state index contributed by atoms with van der Waals surface area (Å²) in [5.74, 6) is 0.774. The Morgan fingerprint density at radius 2 is 2.04 bits per heavy atom. The third-order valence-electron chi connectivity index (χ3n) is 4.06. The van der Waals surface area contributed by atoms with Crippen LogP contribution in [-0.2, 0) is 11.3 Å². The van der Waals surface area contributed by atoms with Crippen LogP contribution in [0.2, 0.25) is 0 Å². The molecule has 0 saturated carbocycles. The van der Waals surface area contributed by atoms with Gasteiger partial charge in [-0.1, -0.05) is 18.2 Å². The molecule has 5 nitrogen and oxygen atoms in total. The zero-order chi connectivity index (χ0) is 17.5. The maximum Gasteiger partial charge on any atom is 0.222 e. The molecule has 0 radical (unpaired) electrons. The van der Waals surface area contributed by atoms with Gasteiger partial charge in [-0.2, -0.15) is 0 Å². The first-order valence-corrected chi connectivity index (χ1v) is 8.18. The number of hydrogen-bond acceptors (Lipinski definition) is 3. The summed E-state index contributed by atoms with van der Waals surface area (Å²) in [5, 5.41) is 2.97. The topological polar surface area (TPSA) is 56.1 Å². The second-order valence-electron chi connectivity index (χ2n) is 5.76. The van der Waals surface area contributed by atoms with Gasteiger partial charge in [0, 0.05) is 31.3 Å². The third kappa shape index (κ3) is 4.47. The number of pyridine rings is 1. The van der Waals surface area contributed by atoms with E-state index >= 15 is 0 Å². The highest BCUT2D eigenvalue weighted by molar-refractivity contribution is 5.76. The Morgan fingerprint density at radius 1 is 1.20 bits per heavy atom. The molecule has 0 aliphatic rings. The molecule has 2 aromatic heterocycles. The zero-order valence-corrected chi connectivity index (χ0v) is 14.1. The summed E-state index contributed by atoms with van der Waals surface area (Å²) in [4.78, 5) is 16.5. The molecule has 1 N–H and O–H groups in total. The van der Waals surface area contributed by atoms with E-state index in [1.54, 1.807) is 19.5 Å². The van der Waals surface area contributed by atoms with Crippen molar-refractivity contribution >= 4 is 5.91 Å². The number of carbonyl (C=O) groups excluding carboxylic acids is 1. The first kappa shape index (κ1) is 16.8. The van der Waals surface area contributed by atoms with Crippen molar-refractivity contribution in [3.05, 3.63) is 84.4 Å². The smallest absolute Gasteiger partial charge is 0.222 e. The molecule has 5 heteroatoms. The zero-order valence-electron chi connectivity index (χ0n) is 14.1. The second-order valence-corrected chi connectivity index (χ2v) is 5.76. The van der Waals surface area contributed by atoms with Crippen molar-refractivity contribution in [1.29, 1.82) is 0 Å². The van der Waals surface area contributed by atoms with E-state index in [2.05, 4.69) is 10.3 Å². The van der Waals surface area contributed by atoms with E-state index in [0.717, 1.165) is 16.9 Å². The van der Waals surface area contributed by atoms with E-state index in [1.807, 2.05) is 65.5 Å². The molecule has 0 fully saturated rings. The molecule has 128 valence electrons. The normalized spacial score (nSPS) is 11.7. The van der Waals surface area contributed by atoms with Crippen molar-refractivity contribution in [3.8, 4) is 5.75 Å². The molecule has 0 bridgehead atoms. The minimum absolute atomic E-state index is 0.00891. The van der Waals surface area contributed by atoms with Crippen LogP contribution in [0.5, 0.6) is 5.75 Å². The van der Waals surface area contributed by atoms with Gasteiger partial charge in [0.05, 0.1) is 19.6 Å². The lowest BCUT2D eigenvalue weighted by Crippen LogP contribution is -2.26. The highest BCUT2D eigenvalue weighted by Gasteiger charge is 2.18. The van der Waals surface area contributed by atoms with Crippen molar-refractivity contribution in [3.63, 3.8) is 0 Å². The quantitative estimate of drug-likeness (QED) is 0.721. The number of ether oxygens (including phenoxy) is 1. The van der Waals surface area contributed by atoms with Crippen molar-refractivity contribution < 1.29 is 9.53 Å². The lowest BCUT2D eigenvalue weighted by molar-refractivity contribution is -0.121. The number of hydrogen-bond donors (Lipinski definition) is 1. The summed E-state index contributed by atoms with van der Waals surface area (Å²) in [5.41, 5.74) is 2.02. The Bertz CT molecular complexity index is 801. The fraction of sp³-hybridized carbons (Fsp3) is 0.200. The Hall–Kier alpha value is -3.08. The number of nitrogens with one attached hydrogen (secondary N) is 1. The van der Waals surface area contributed by atoms with Crippen LogP contribution in [-0.4, -0.2) is 22.6 Å². The molecule has 3 aromatic rings. The van der Waals surface area contributed by atoms with E-state index in [1.165, 1.54) is 0 Å². The Balaban J connectivity index is 1.73. The van der Waals surface area contributed by atoms with Gasteiger partial charge in [-0.15, -0.1) is 0 Å². The Labute approximate surface area is 147 Å². The predicted molar refractivity (Wildman–Crippen MR) is 96.3 cm³/mol. The van der Waals surface area contributed by atoms with Gasteiger partial charge in [-0.25, -0.2) is 0 Å². The average molecular weight is 335 g/mol. The van der Waals surface area contributed by atoms with Crippen LogP contribution in [0.15, 0.2) is 73.3 Å². The van der Waals surface area contributed by atoms with Gasteiger partial charge in [0.25, 0.3) is 0 Å². The molecule has 1 unspecified atom stereocenters. The van der Waals surface area contributed by atoms with Crippen molar-refractivity contribution in [1.82, 2.24) is 14.9 Å². The molecule has 0 aliphatic heterocycles. The SMILES string of the molecule is COc1cccc(C(CC(=O)NCc2cccnc2)n2cccc2)c1. The standard InChI is InChI=1S/C20H21N3O2/c1-25-18-8-4-7-17(12-18)19(23-10-2-3-11-23)13-20(24)22-15-16-6-5-9-21-14-16/h2-12,14,19H,13,15H2,1H3,(H,22,24). The first-order valence-electron chi connectivity index (χ1n) is 8.18. The van der Waals surface area contributed by atoms with Gasteiger partial charge in [-0.05, 0) is 41.5 Å². The molecule has 1 atom stereocenters. The molecular formula is C20H21N3O2. The van der Waals surface area contributed by atoms with Crippen LogP contribution < -0.4 is 10.1 Å². The maximum absolute atomic E-state index is 12.5. The fourth-order valence-corrected chi connectivity index (χ4v) is 2.75. The highest BCUT2D eigenvalue weighted by Crippen LogP contribution is 2.25. The molecule has 0 aliphatic carbocycles. The number of benzene rings is 1. The molecule has 25 heavy (non-hydrogen) atoms. The summed E-state index contributed by atoms with van der Waals surface area (Å²) in [6, 6.07) is 15.5. The number of rotatable bonds is 7. The van der Waals surface area contributed by atoms with Crippen LogP contribution in [0, 0.1) is 0 Å². The number of aromatic nitrogens is 2. The third-order valence-corrected chi connectivity index (χ3v) is 4.06. The molecule has 0 saturated heterocycles. The van der Waals surface area contributed by atoms with Crippen LogP contribution in [0.1, 0.15) is 23.6 Å². The summed E-state index contributed by atoms with van der Waals surface area (Å²) >= 11 is 0. The van der Waals surface area contributed by atoms with E-state index in [0.29, 0.717) is 13.0 Å². The summed E-state index contributed by atoms with van der Waals surface area (Å²) in [6.45, 7) is 0.475. The van der Waals surface area contributed by atoms with Crippen LogP contribution in [0.25, 0.3) is 0 Å². The lowest BCUT2D eigenvalue weighted by atomic mass is 10.0. The molecule has 1 amide bonds. The van der Waals surface area contributed by atoms with Gasteiger partial charge < -0.3 is 14.6 Å². The first-order chi connectivity index (χ1) is 12.3. The number of methoxy groups -OCH3 is 1. The predicted octanol–water partition coefficient (Wildman–Crippen LogP) is 3.19. The minimum atomic E-state index is -0.0843. The monoisotopic (exact) mass is 335 g/mol. The summed E-state index contributed by atoms with van der Waals surface area (Å²) in [7, 11) is 1.64. The van der Waals surface area contributed by atoms with Crippen LogP contribution in [0.3, 0.4) is 0 Å². The second kappa shape index (κ2) is 8.15. The average Bonchev–Trinajstić information content (AvgIpc) is 3.20. The summed E-state index contributed by atoms with van der Waals surface area (Å²) in [6.07, 6.45) is 7.77. The van der Waals surface area contributed by atoms with Gasteiger partial charge in [-0.3, -0.25) is 9.78 Å². The van der Waals surface area contributed by atoms with E-state index in [-0.39, 0.29) is 11.9 Å². The van der Waals surface area contributed by atoms with Crippen LogP contribution >= 0.6 is 0 Å². The van der Waals surface area contributed by atoms with Gasteiger partial charge >= 0.3 is 0 Å². The van der Waals surface area contributed by atoms with E-state index in [4.69, 9.17) is 4.74 Å². The van der Waals surface area contributed by atoms with Gasteiger partial charge in [0.2, 0.25) is 5.91 Å². The number of amides is 1. The number of nitrogens with zero attached hydrogens (tertiary/aromatic N) is 2. The number of carbonyl (C=O) groups is 1. The molecule has 2 heterocycles. The minimum Gasteiger partial charge on any atom is -0.497 e. The molecular weight excluding hydrogens is 314 g/mol. The van der Waals surface area contributed by atoms with E-state index < -0.39 is 0 Å². The largest absolute Gasteiger partial charge is 0.497 e. The van der Waals surface area contributed by atoms with Crippen molar-refractivity contribution in [2.45, 2.75) is 19.0 Å². The van der Waals surface area contributed by atoms with Gasteiger partial charge in [0.15, 0.2) is 0 Å². The summed E-state index contributed by atoms with van der Waals surface area (Å²) < 4.78 is 7.36. The van der Waals surface area contributed by atoms with Crippen LogP contribution in [0.4, 0.5) is 0 Å². The fourth-order valence-electron chi connectivity index (χ4n) is 2.75. The highest BCUT2D eigenvalue weighted by atomic mass is 16.5. The molecule has 1 aromatic carbocycles. The van der Waals surface area contributed by atoms with Crippen molar-refractivity contribution in [2.75, 3.05) is 7.11 Å².